The highest BCUT2D eigenvalue weighted by atomic mass is 32.1. The molecule has 204 valence electrons. The van der Waals surface area contributed by atoms with Crippen LogP contribution in [0.15, 0.2) is 156 Å². The number of hydrogen-bond donors (Lipinski definition) is 1. The molecule has 42 heavy (non-hydrogen) atoms. The van der Waals surface area contributed by atoms with E-state index in [-0.39, 0.29) is 5.41 Å². The first-order valence-electron chi connectivity index (χ1n) is 14.6. The Morgan fingerprint density at radius 1 is 0.643 bits per heavy atom. The number of thiol groups is 1. The van der Waals surface area contributed by atoms with Gasteiger partial charge < -0.3 is 4.90 Å². The van der Waals surface area contributed by atoms with Crippen molar-refractivity contribution >= 4 is 40.8 Å². The first kappa shape index (κ1) is 26.4. The normalized spacial score (nSPS) is 17.4. The Hall–Kier alpha value is -4.53. The lowest BCUT2D eigenvalue weighted by Crippen LogP contribution is -2.42. The fourth-order valence-corrected chi connectivity index (χ4v) is 6.84. The van der Waals surface area contributed by atoms with Crippen LogP contribution < -0.4 is 15.3 Å². The van der Waals surface area contributed by atoms with Gasteiger partial charge in [-0.05, 0) is 100 Å². The highest BCUT2D eigenvalue weighted by Gasteiger charge is 2.39. The molecular weight excluding hydrogens is 527 g/mol. The van der Waals surface area contributed by atoms with Crippen LogP contribution in [0, 0.1) is 12.3 Å². The van der Waals surface area contributed by atoms with Crippen LogP contribution in [0.1, 0.15) is 30.0 Å². The molecule has 7 rings (SSSR count). The number of para-hydroxylation sites is 2. The van der Waals surface area contributed by atoms with Crippen LogP contribution in [0.3, 0.4) is 0 Å². The molecular formula is C40H33NS. The van der Waals surface area contributed by atoms with Gasteiger partial charge in [0.1, 0.15) is 0 Å². The number of hydrogen-bond acceptors (Lipinski definition) is 2. The van der Waals surface area contributed by atoms with Crippen molar-refractivity contribution in [3.63, 3.8) is 0 Å². The summed E-state index contributed by atoms with van der Waals surface area (Å²) in [5.41, 5.74) is 11.1. The average Bonchev–Trinajstić information content (AvgIpc) is 3.02. The molecule has 0 saturated carbocycles. The first-order valence-corrected chi connectivity index (χ1v) is 15.0. The smallest absolute Gasteiger partial charge is 0.0462 e. The Kier molecular flexibility index (Phi) is 6.72. The zero-order valence-electron chi connectivity index (χ0n) is 24.0. The molecule has 0 fully saturated rings. The van der Waals surface area contributed by atoms with E-state index in [2.05, 4.69) is 164 Å². The van der Waals surface area contributed by atoms with Gasteiger partial charge in [-0.1, -0.05) is 110 Å². The highest BCUT2D eigenvalue weighted by molar-refractivity contribution is 7.80. The fourth-order valence-electron chi connectivity index (χ4n) is 6.64. The minimum atomic E-state index is -0.160. The molecule has 1 nitrogen and oxygen atoms in total. The van der Waals surface area contributed by atoms with Gasteiger partial charge in [0.15, 0.2) is 0 Å². The Bertz CT molecular complexity index is 1910. The predicted molar refractivity (Wildman–Crippen MR) is 180 cm³/mol. The van der Waals surface area contributed by atoms with E-state index in [9.17, 15) is 0 Å². The van der Waals surface area contributed by atoms with Gasteiger partial charge in [-0.2, -0.15) is 0 Å². The SMILES string of the molecule is Cc1ccc(C2=c3cc(S)ccc3=C(c3ccc(N(c4ccccc4)c4ccccc4)cc3)C3=CC=CCC32C)cc1. The monoisotopic (exact) mass is 559 g/mol. The first-order chi connectivity index (χ1) is 20.5. The van der Waals surface area contributed by atoms with Crippen molar-refractivity contribution in [1.29, 1.82) is 0 Å². The third kappa shape index (κ3) is 4.53. The molecule has 0 radical (unpaired) electrons. The highest BCUT2D eigenvalue weighted by Crippen LogP contribution is 2.50. The number of rotatable bonds is 5. The molecule has 0 amide bonds. The number of aryl methyl sites for hydroxylation is 1. The molecule has 0 spiro atoms. The second-order valence-corrected chi connectivity index (χ2v) is 12.0. The standard InChI is InChI=1S/C40H33NS/c1-28-16-18-30(19-17-28)39-36-27-34(42)24-25-35(36)38(37-15-9-10-26-40(37,39)2)29-20-22-33(23-21-29)41(31-11-5-3-6-12-31)32-13-7-4-8-14-32/h3-25,27,42H,26H2,1-2H3. The lowest BCUT2D eigenvalue weighted by molar-refractivity contribution is 0.547. The van der Waals surface area contributed by atoms with Gasteiger partial charge >= 0.3 is 0 Å². The summed E-state index contributed by atoms with van der Waals surface area (Å²) in [5.74, 6) is 0. The zero-order chi connectivity index (χ0) is 28.7. The molecule has 0 aliphatic heterocycles. The van der Waals surface area contributed by atoms with Gasteiger partial charge in [-0.3, -0.25) is 0 Å². The van der Waals surface area contributed by atoms with Gasteiger partial charge in [0.25, 0.3) is 0 Å². The third-order valence-corrected chi connectivity index (χ3v) is 8.94. The zero-order valence-corrected chi connectivity index (χ0v) is 24.9. The van der Waals surface area contributed by atoms with Crippen molar-refractivity contribution in [2.45, 2.75) is 25.2 Å². The van der Waals surface area contributed by atoms with E-state index in [0.29, 0.717) is 0 Å². The van der Waals surface area contributed by atoms with E-state index in [1.165, 1.54) is 43.8 Å². The van der Waals surface area contributed by atoms with Crippen molar-refractivity contribution in [3.05, 3.63) is 178 Å². The predicted octanol–water partition coefficient (Wildman–Crippen LogP) is 9.06. The molecule has 0 aromatic heterocycles. The molecule has 0 saturated heterocycles. The maximum atomic E-state index is 4.80. The number of allylic oxidation sites excluding steroid dienone is 4. The third-order valence-electron chi connectivity index (χ3n) is 8.67. The quantitative estimate of drug-likeness (QED) is 0.210. The summed E-state index contributed by atoms with van der Waals surface area (Å²) in [7, 11) is 0. The average molecular weight is 560 g/mol. The van der Waals surface area contributed by atoms with Crippen molar-refractivity contribution < 1.29 is 0 Å². The maximum absolute atomic E-state index is 4.80. The van der Waals surface area contributed by atoms with Crippen LogP contribution in [0.25, 0.3) is 11.1 Å². The van der Waals surface area contributed by atoms with Crippen molar-refractivity contribution in [2.24, 2.45) is 5.41 Å². The van der Waals surface area contributed by atoms with Crippen molar-refractivity contribution in [1.82, 2.24) is 0 Å². The van der Waals surface area contributed by atoms with E-state index in [0.717, 1.165) is 28.4 Å². The second kappa shape index (κ2) is 10.7. The van der Waals surface area contributed by atoms with Crippen LogP contribution in [0.5, 0.6) is 0 Å². The largest absolute Gasteiger partial charge is 0.311 e. The van der Waals surface area contributed by atoms with Crippen LogP contribution >= 0.6 is 12.6 Å². The minimum Gasteiger partial charge on any atom is -0.311 e. The minimum absolute atomic E-state index is 0.160. The van der Waals surface area contributed by atoms with Gasteiger partial charge in [0, 0.05) is 27.4 Å². The summed E-state index contributed by atoms with van der Waals surface area (Å²) >= 11 is 4.80. The lowest BCUT2D eigenvalue weighted by atomic mass is 9.62. The van der Waals surface area contributed by atoms with E-state index in [4.69, 9.17) is 12.6 Å². The Morgan fingerprint density at radius 2 is 1.24 bits per heavy atom. The molecule has 2 heteroatoms. The summed E-state index contributed by atoms with van der Waals surface area (Å²) in [6, 6.07) is 45.9. The topological polar surface area (TPSA) is 3.24 Å². The van der Waals surface area contributed by atoms with E-state index >= 15 is 0 Å². The summed E-state index contributed by atoms with van der Waals surface area (Å²) in [6.07, 6.45) is 7.82. The van der Waals surface area contributed by atoms with Crippen molar-refractivity contribution in [3.8, 4) is 0 Å². The fraction of sp³-hybridized carbons (Fsp3) is 0.100. The molecule has 5 aromatic carbocycles. The van der Waals surface area contributed by atoms with Crippen LogP contribution in [0.2, 0.25) is 0 Å². The van der Waals surface area contributed by atoms with Crippen LogP contribution in [-0.2, 0) is 0 Å². The van der Waals surface area contributed by atoms with Gasteiger partial charge in [-0.15, -0.1) is 12.6 Å². The van der Waals surface area contributed by atoms with Crippen LogP contribution in [-0.4, -0.2) is 0 Å². The molecule has 0 heterocycles. The second-order valence-electron chi connectivity index (χ2n) is 11.4. The summed E-state index contributed by atoms with van der Waals surface area (Å²) < 4.78 is 0. The Labute approximate surface area is 253 Å². The Balaban J connectivity index is 1.46. The maximum Gasteiger partial charge on any atom is 0.0462 e. The molecule has 1 atom stereocenters. The summed E-state index contributed by atoms with van der Waals surface area (Å²) in [4.78, 5) is 3.30. The number of benzene rings is 5. The van der Waals surface area contributed by atoms with E-state index in [1.807, 2.05) is 0 Å². The molecule has 2 aliphatic rings. The molecule has 5 aromatic rings. The van der Waals surface area contributed by atoms with Gasteiger partial charge in [-0.25, -0.2) is 0 Å². The molecule has 2 aliphatic carbocycles. The number of fused-ring (bicyclic) bond motifs is 2. The number of nitrogens with zero attached hydrogens (tertiary/aromatic N) is 1. The van der Waals surface area contributed by atoms with Crippen molar-refractivity contribution in [2.75, 3.05) is 4.90 Å². The van der Waals surface area contributed by atoms with E-state index in [1.54, 1.807) is 0 Å². The summed E-state index contributed by atoms with van der Waals surface area (Å²) in [6.45, 7) is 4.56. The number of anilines is 3. The van der Waals surface area contributed by atoms with E-state index < -0.39 is 0 Å². The Morgan fingerprint density at radius 3 is 1.88 bits per heavy atom. The summed E-state index contributed by atoms with van der Waals surface area (Å²) in [5, 5.41) is 2.54. The molecule has 1 unspecified atom stereocenters. The molecule has 0 bridgehead atoms. The molecule has 0 N–H and O–H groups in total. The van der Waals surface area contributed by atoms with Gasteiger partial charge in [0.05, 0.1) is 0 Å². The lowest BCUT2D eigenvalue weighted by Gasteiger charge is -2.40. The van der Waals surface area contributed by atoms with Gasteiger partial charge in [0.2, 0.25) is 0 Å². The van der Waals surface area contributed by atoms with Crippen LogP contribution in [0.4, 0.5) is 17.1 Å².